The fourth-order valence-electron chi connectivity index (χ4n) is 5.99. The second kappa shape index (κ2) is 6.04. The summed E-state index contributed by atoms with van der Waals surface area (Å²) in [4.78, 5) is 43.8. The van der Waals surface area contributed by atoms with Crippen molar-refractivity contribution in [3.8, 4) is 0 Å². The minimum absolute atomic E-state index is 0.0657. The van der Waals surface area contributed by atoms with Crippen LogP contribution in [0.5, 0.6) is 0 Å². The Morgan fingerprint density at radius 1 is 1.25 bits per heavy atom. The number of fused-ring (bicyclic) bond motifs is 7. The Morgan fingerprint density at radius 2 is 2.04 bits per heavy atom. The first-order chi connectivity index (χ1) is 13.4. The van der Waals surface area contributed by atoms with Crippen molar-refractivity contribution in [2.45, 2.75) is 51.1 Å². The number of halogens is 1. The van der Waals surface area contributed by atoms with Crippen molar-refractivity contribution in [1.29, 1.82) is 0 Å². The number of likely N-dealkylation sites (tertiary alicyclic amines) is 1. The number of benzene rings is 1. The van der Waals surface area contributed by atoms with Gasteiger partial charge in [0.05, 0.1) is 22.5 Å². The maximum absolute atomic E-state index is 13.5. The van der Waals surface area contributed by atoms with Crippen LogP contribution < -0.4 is 5.32 Å². The maximum atomic E-state index is 13.5. The van der Waals surface area contributed by atoms with Crippen molar-refractivity contribution < 1.29 is 14.4 Å². The van der Waals surface area contributed by atoms with E-state index < -0.39 is 17.4 Å². The van der Waals surface area contributed by atoms with E-state index in [0.29, 0.717) is 23.8 Å². The number of rotatable bonds is 3. The number of hydrogen-bond acceptors (Lipinski definition) is 4. The summed E-state index contributed by atoms with van der Waals surface area (Å²) >= 11 is 6.45. The van der Waals surface area contributed by atoms with Crippen LogP contribution in [0.4, 0.5) is 5.69 Å². The number of amides is 3. The van der Waals surface area contributed by atoms with Gasteiger partial charge in [0.1, 0.15) is 5.54 Å². The van der Waals surface area contributed by atoms with Gasteiger partial charge in [-0.25, -0.2) is 0 Å². The average molecular weight is 402 g/mol. The third kappa shape index (κ3) is 2.00. The average Bonchev–Trinajstić information content (AvgIpc) is 3.34. The third-order valence-electron chi connectivity index (χ3n) is 7.02. The van der Waals surface area contributed by atoms with Crippen molar-refractivity contribution in [3.05, 3.63) is 28.3 Å². The molecular weight excluding hydrogens is 378 g/mol. The lowest BCUT2D eigenvalue weighted by Gasteiger charge is -2.36. The van der Waals surface area contributed by atoms with E-state index in [1.807, 2.05) is 26.0 Å². The van der Waals surface area contributed by atoms with Gasteiger partial charge < -0.3 is 5.32 Å². The largest absolute Gasteiger partial charge is 0.323 e. The number of nitrogens with one attached hydrogen (secondary N) is 1. The summed E-state index contributed by atoms with van der Waals surface area (Å²) in [6.07, 6.45) is 3.46. The van der Waals surface area contributed by atoms with E-state index in [0.717, 1.165) is 36.8 Å². The van der Waals surface area contributed by atoms with Crippen LogP contribution in [0.3, 0.4) is 0 Å². The molecule has 4 atom stereocenters. The number of carbonyl (C=O) groups is 3. The Balaban J connectivity index is 1.71. The van der Waals surface area contributed by atoms with E-state index in [1.54, 1.807) is 0 Å². The zero-order valence-corrected chi connectivity index (χ0v) is 16.9. The van der Waals surface area contributed by atoms with Crippen molar-refractivity contribution in [2.24, 2.45) is 11.8 Å². The Morgan fingerprint density at radius 3 is 2.79 bits per heavy atom. The molecule has 1 aromatic carbocycles. The van der Waals surface area contributed by atoms with E-state index in [1.165, 1.54) is 4.90 Å². The first-order valence-corrected chi connectivity index (χ1v) is 10.5. The zero-order chi connectivity index (χ0) is 19.8. The summed E-state index contributed by atoms with van der Waals surface area (Å²) in [7, 11) is 0. The third-order valence-corrected chi connectivity index (χ3v) is 7.32. The summed E-state index contributed by atoms with van der Waals surface area (Å²) in [6.45, 7) is 5.13. The molecule has 1 aromatic rings. The highest BCUT2D eigenvalue weighted by molar-refractivity contribution is 6.35. The molecule has 0 saturated carbocycles. The minimum atomic E-state index is -1.12. The summed E-state index contributed by atoms with van der Waals surface area (Å²) < 4.78 is 0. The quantitative estimate of drug-likeness (QED) is 0.790. The van der Waals surface area contributed by atoms with Gasteiger partial charge in [0.25, 0.3) is 5.91 Å². The van der Waals surface area contributed by atoms with Gasteiger partial charge in [-0.2, -0.15) is 0 Å². The second-order valence-corrected chi connectivity index (χ2v) is 8.89. The molecule has 4 unspecified atom stereocenters. The van der Waals surface area contributed by atoms with Gasteiger partial charge in [-0.05, 0) is 44.4 Å². The number of imide groups is 1. The van der Waals surface area contributed by atoms with Crippen LogP contribution in [-0.2, 0) is 19.9 Å². The molecule has 1 N–H and O–H groups in total. The molecule has 3 fully saturated rings. The van der Waals surface area contributed by atoms with E-state index >= 15 is 0 Å². The zero-order valence-electron chi connectivity index (χ0n) is 16.1. The molecule has 28 heavy (non-hydrogen) atoms. The molecule has 4 aliphatic rings. The predicted octanol–water partition coefficient (Wildman–Crippen LogP) is 2.68. The molecule has 148 valence electrons. The Labute approximate surface area is 169 Å². The fourth-order valence-corrected chi connectivity index (χ4v) is 6.31. The Kier molecular flexibility index (Phi) is 3.91. The Bertz CT molecular complexity index is 916. The molecule has 0 aromatic heterocycles. The van der Waals surface area contributed by atoms with Crippen LogP contribution in [0.25, 0.3) is 0 Å². The first-order valence-electron chi connectivity index (χ1n) is 10.2. The van der Waals surface area contributed by atoms with E-state index in [9.17, 15) is 14.4 Å². The van der Waals surface area contributed by atoms with Crippen LogP contribution >= 0.6 is 11.6 Å². The molecule has 7 heteroatoms. The van der Waals surface area contributed by atoms with Crippen LogP contribution in [0.1, 0.15) is 43.7 Å². The molecule has 0 radical (unpaired) electrons. The highest BCUT2D eigenvalue weighted by atomic mass is 35.5. The smallest absolute Gasteiger partial charge is 0.250 e. The van der Waals surface area contributed by atoms with Crippen molar-refractivity contribution in [3.63, 3.8) is 0 Å². The normalized spacial score (nSPS) is 33.6. The van der Waals surface area contributed by atoms with Gasteiger partial charge in [0, 0.05) is 18.2 Å². The topological polar surface area (TPSA) is 69.7 Å². The van der Waals surface area contributed by atoms with Gasteiger partial charge in [0.2, 0.25) is 11.8 Å². The van der Waals surface area contributed by atoms with Gasteiger partial charge >= 0.3 is 0 Å². The lowest BCUT2D eigenvalue weighted by Crippen LogP contribution is -2.54. The number of unbranched alkanes of at least 4 members (excludes halogenated alkanes) is 1. The van der Waals surface area contributed by atoms with Crippen molar-refractivity contribution in [2.75, 3.05) is 18.4 Å². The summed E-state index contributed by atoms with van der Waals surface area (Å²) in [5.41, 5.74) is 1.18. The fraction of sp³-hybridized carbons (Fsp3) is 0.571. The number of carbonyl (C=O) groups excluding carboxylic acids is 3. The molecule has 3 saturated heterocycles. The molecule has 4 heterocycles. The van der Waals surface area contributed by atoms with E-state index in [-0.39, 0.29) is 23.8 Å². The molecular formula is C21H24ClN3O3. The molecule has 3 amide bonds. The monoisotopic (exact) mass is 401 g/mol. The molecule has 0 aliphatic carbocycles. The van der Waals surface area contributed by atoms with Crippen molar-refractivity contribution >= 4 is 35.0 Å². The number of nitrogens with zero attached hydrogens (tertiary/aromatic N) is 2. The van der Waals surface area contributed by atoms with E-state index in [4.69, 9.17) is 11.6 Å². The summed E-state index contributed by atoms with van der Waals surface area (Å²) in [6, 6.07) is 3.72. The number of hydrogen-bond donors (Lipinski definition) is 1. The highest BCUT2D eigenvalue weighted by Crippen LogP contribution is 2.61. The highest BCUT2D eigenvalue weighted by Gasteiger charge is 2.74. The van der Waals surface area contributed by atoms with Crippen LogP contribution in [-0.4, -0.2) is 46.7 Å². The summed E-state index contributed by atoms with van der Waals surface area (Å²) in [5.74, 6) is -1.62. The second-order valence-electron chi connectivity index (χ2n) is 8.48. The SMILES string of the molecule is CCCCN1C(=O)C2C3CCCN3C3(C(=O)Nc4c(Cl)cc(C)cc43)C2C1=O. The first kappa shape index (κ1) is 18.1. The molecule has 6 nitrogen and oxygen atoms in total. The minimum Gasteiger partial charge on any atom is -0.323 e. The van der Waals surface area contributed by atoms with Gasteiger partial charge in [0.15, 0.2) is 0 Å². The van der Waals surface area contributed by atoms with E-state index in [2.05, 4.69) is 10.2 Å². The van der Waals surface area contributed by atoms with Gasteiger partial charge in [-0.3, -0.25) is 24.2 Å². The van der Waals surface area contributed by atoms with Crippen LogP contribution in [0.2, 0.25) is 5.02 Å². The standard InChI is InChI=1S/C21H24ClN3O3/c1-3-4-7-24-18(26)15-14-6-5-8-25(14)21(16(15)19(24)27)12-9-11(2)10-13(22)17(12)23-20(21)28/h9-10,14-16H,3-8H2,1-2H3,(H,23,28). The van der Waals surface area contributed by atoms with Gasteiger partial charge in [-0.1, -0.05) is 31.0 Å². The molecule has 4 aliphatic heterocycles. The van der Waals surface area contributed by atoms with Gasteiger partial charge in [-0.15, -0.1) is 0 Å². The Hall–Kier alpha value is -1.92. The lowest BCUT2D eigenvalue weighted by molar-refractivity contribution is -0.145. The molecule has 5 rings (SSSR count). The maximum Gasteiger partial charge on any atom is 0.250 e. The predicted molar refractivity (Wildman–Crippen MR) is 105 cm³/mol. The summed E-state index contributed by atoms with van der Waals surface area (Å²) in [5, 5.41) is 3.43. The van der Waals surface area contributed by atoms with Crippen LogP contribution in [0, 0.1) is 18.8 Å². The molecule has 0 bridgehead atoms. The number of aryl methyl sites for hydroxylation is 1. The molecule has 1 spiro atoms. The number of anilines is 1. The lowest BCUT2D eigenvalue weighted by atomic mass is 9.75. The van der Waals surface area contributed by atoms with Crippen LogP contribution in [0.15, 0.2) is 12.1 Å². The van der Waals surface area contributed by atoms with Crippen molar-refractivity contribution in [1.82, 2.24) is 9.80 Å².